The second-order valence-corrected chi connectivity index (χ2v) is 5.96. The van der Waals surface area contributed by atoms with Gasteiger partial charge >= 0.3 is 0 Å². The minimum Gasteiger partial charge on any atom is -0.373 e. The number of carbonyl (C=O) groups excluding carboxylic acids is 1. The average molecular weight is 304 g/mol. The van der Waals surface area contributed by atoms with Crippen molar-refractivity contribution < 1.29 is 9.53 Å². The first-order valence-electron chi connectivity index (χ1n) is 6.31. The fourth-order valence-corrected chi connectivity index (χ4v) is 3.17. The van der Waals surface area contributed by atoms with E-state index in [1.54, 1.807) is 5.51 Å². The normalized spacial score (nSPS) is 24.4. The molecule has 106 valence electrons. The number of hydrogen-bond acceptors (Lipinski definition) is 5. The lowest BCUT2D eigenvalue weighted by atomic mass is 10.2. The zero-order valence-electron chi connectivity index (χ0n) is 11.1. The van der Waals surface area contributed by atoms with Gasteiger partial charge in [-0.05, 0) is 13.8 Å². The van der Waals surface area contributed by atoms with Crippen molar-refractivity contribution in [2.75, 3.05) is 26.2 Å². The van der Waals surface area contributed by atoms with Crippen LogP contribution in [0.15, 0.2) is 5.51 Å². The number of aromatic nitrogens is 1. The smallest absolute Gasteiger partial charge is 0.264 e. The summed E-state index contributed by atoms with van der Waals surface area (Å²) in [7, 11) is 0. The lowest BCUT2D eigenvalue weighted by Gasteiger charge is -2.35. The van der Waals surface area contributed by atoms with E-state index in [9.17, 15) is 4.79 Å². The molecular weight excluding hydrogens is 286 g/mol. The van der Waals surface area contributed by atoms with Gasteiger partial charge < -0.3 is 10.1 Å². The highest BCUT2D eigenvalue weighted by atomic mass is 35.5. The predicted octanol–water partition coefficient (Wildman–Crippen LogP) is 1.64. The maximum Gasteiger partial charge on any atom is 0.264 e. The molecule has 1 amide bonds. The standard InChI is InChI=1S/C12H18ClN3O2S/c1-8-5-16(6-9(2)18-8)4-3-14-12(17)10-11(13)15-7-19-10/h7-9H,3-6H2,1-2H3,(H,14,17)/t8-,9-/m0/s1. The first-order valence-corrected chi connectivity index (χ1v) is 7.57. The van der Waals surface area contributed by atoms with E-state index in [2.05, 4.69) is 29.0 Å². The van der Waals surface area contributed by atoms with E-state index in [0.717, 1.165) is 19.6 Å². The Morgan fingerprint density at radius 2 is 2.26 bits per heavy atom. The van der Waals surface area contributed by atoms with Crippen molar-refractivity contribution in [1.82, 2.24) is 15.2 Å². The Morgan fingerprint density at radius 3 is 2.84 bits per heavy atom. The average Bonchev–Trinajstić information content (AvgIpc) is 2.74. The van der Waals surface area contributed by atoms with Crippen LogP contribution in [-0.4, -0.2) is 54.2 Å². The molecule has 0 aromatic carbocycles. The van der Waals surface area contributed by atoms with E-state index >= 15 is 0 Å². The largest absolute Gasteiger partial charge is 0.373 e. The number of nitrogens with zero attached hydrogens (tertiary/aromatic N) is 2. The molecule has 0 spiro atoms. The molecule has 1 aromatic heterocycles. The van der Waals surface area contributed by atoms with Crippen LogP contribution in [-0.2, 0) is 4.74 Å². The Morgan fingerprint density at radius 1 is 1.58 bits per heavy atom. The summed E-state index contributed by atoms with van der Waals surface area (Å²) in [4.78, 5) is 18.5. The molecule has 1 N–H and O–H groups in total. The van der Waals surface area contributed by atoms with Gasteiger partial charge in [-0.2, -0.15) is 0 Å². The number of amides is 1. The van der Waals surface area contributed by atoms with E-state index in [0.29, 0.717) is 11.4 Å². The molecule has 5 nitrogen and oxygen atoms in total. The molecule has 19 heavy (non-hydrogen) atoms. The Balaban J connectivity index is 1.75. The third-order valence-corrected chi connectivity index (χ3v) is 4.16. The van der Waals surface area contributed by atoms with Crippen LogP contribution in [0.2, 0.25) is 5.15 Å². The zero-order chi connectivity index (χ0) is 13.8. The molecule has 2 rings (SSSR count). The fraction of sp³-hybridized carbons (Fsp3) is 0.667. The molecule has 7 heteroatoms. The van der Waals surface area contributed by atoms with Crippen LogP contribution in [0.1, 0.15) is 23.5 Å². The second-order valence-electron chi connectivity index (χ2n) is 4.75. The Kier molecular flexibility index (Phi) is 5.15. The second kappa shape index (κ2) is 6.65. The number of thiazole rings is 1. The SMILES string of the molecule is C[C@H]1CN(CCNC(=O)c2scnc2Cl)C[C@H](C)O1. The number of ether oxygens (including phenoxy) is 1. The lowest BCUT2D eigenvalue weighted by molar-refractivity contribution is -0.0672. The van der Waals surface area contributed by atoms with Crippen molar-refractivity contribution in [2.24, 2.45) is 0 Å². The van der Waals surface area contributed by atoms with Crippen molar-refractivity contribution in [1.29, 1.82) is 0 Å². The van der Waals surface area contributed by atoms with Crippen LogP contribution in [0.3, 0.4) is 0 Å². The summed E-state index contributed by atoms with van der Waals surface area (Å²) in [6.07, 6.45) is 0.491. The Bertz CT molecular complexity index is 430. The molecule has 1 aromatic rings. The number of morpholine rings is 1. The maximum absolute atomic E-state index is 11.8. The van der Waals surface area contributed by atoms with E-state index in [1.165, 1.54) is 11.3 Å². The summed E-state index contributed by atoms with van der Waals surface area (Å²) < 4.78 is 5.67. The Hall–Kier alpha value is -0.690. The van der Waals surface area contributed by atoms with Gasteiger partial charge in [0.25, 0.3) is 5.91 Å². The monoisotopic (exact) mass is 303 g/mol. The van der Waals surface area contributed by atoms with Gasteiger partial charge in [-0.3, -0.25) is 9.69 Å². The van der Waals surface area contributed by atoms with E-state index in [4.69, 9.17) is 16.3 Å². The van der Waals surface area contributed by atoms with Crippen molar-refractivity contribution in [2.45, 2.75) is 26.1 Å². The molecule has 0 saturated carbocycles. The minimum atomic E-state index is -0.151. The number of rotatable bonds is 4. The van der Waals surface area contributed by atoms with Crippen molar-refractivity contribution in [3.8, 4) is 0 Å². The molecule has 1 aliphatic rings. The molecule has 2 atom stereocenters. The predicted molar refractivity (Wildman–Crippen MR) is 75.9 cm³/mol. The van der Waals surface area contributed by atoms with Crippen LogP contribution in [0.4, 0.5) is 0 Å². The van der Waals surface area contributed by atoms with Crippen molar-refractivity contribution in [3.05, 3.63) is 15.5 Å². The van der Waals surface area contributed by atoms with Gasteiger partial charge in [0.15, 0.2) is 5.15 Å². The highest BCUT2D eigenvalue weighted by Gasteiger charge is 2.22. The molecule has 0 bridgehead atoms. The van der Waals surface area contributed by atoms with Gasteiger partial charge in [-0.25, -0.2) is 4.98 Å². The van der Waals surface area contributed by atoms with Crippen LogP contribution < -0.4 is 5.32 Å². The number of halogens is 1. The van der Waals surface area contributed by atoms with Gasteiger partial charge in [-0.1, -0.05) is 11.6 Å². The van der Waals surface area contributed by atoms with Crippen molar-refractivity contribution >= 4 is 28.8 Å². The van der Waals surface area contributed by atoms with Crippen LogP contribution in [0.25, 0.3) is 0 Å². The van der Waals surface area contributed by atoms with Crippen LogP contribution in [0, 0.1) is 0 Å². The van der Waals surface area contributed by atoms with E-state index in [1.807, 2.05) is 0 Å². The van der Waals surface area contributed by atoms with Gasteiger partial charge in [0, 0.05) is 26.2 Å². The van der Waals surface area contributed by atoms with Gasteiger partial charge in [-0.15, -0.1) is 11.3 Å². The number of carbonyl (C=O) groups is 1. The summed E-state index contributed by atoms with van der Waals surface area (Å²) >= 11 is 7.07. The third kappa shape index (κ3) is 4.14. The molecule has 0 aliphatic carbocycles. The minimum absolute atomic E-state index is 0.151. The molecule has 2 heterocycles. The first kappa shape index (κ1) is 14.7. The summed E-state index contributed by atoms with van der Waals surface area (Å²) in [5.74, 6) is -0.151. The van der Waals surface area contributed by atoms with Gasteiger partial charge in [0.2, 0.25) is 0 Å². The summed E-state index contributed by atoms with van der Waals surface area (Å²) in [6, 6.07) is 0. The summed E-state index contributed by atoms with van der Waals surface area (Å²) in [5, 5.41) is 3.14. The topological polar surface area (TPSA) is 54.5 Å². The highest BCUT2D eigenvalue weighted by Crippen LogP contribution is 2.17. The van der Waals surface area contributed by atoms with Gasteiger partial charge in [0.1, 0.15) is 4.88 Å². The van der Waals surface area contributed by atoms with E-state index in [-0.39, 0.29) is 23.3 Å². The summed E-state index contributed by atoms with van der Waals surface area (Å²) in [6.45, 7) is 7.37. The summed E-state index contributed by atoms with van der Waals surface area (Å²) in [5.41, 5.74) is 1.57. The molecule has 1 fully saturated rings. The maximum atomic E-state index is 11.8. The highest BCUT2D eigenvalue weighted by molar-refractivity contribution is 7.12. The quantitative estimate of drug-likeness (QED) is 0.919. The van der Waals surface area contributed by atoms with Crippen LogP contribution in [0.5, 0.6) is 0 Å². The number of hydrogen-bond donors (Lipinski definition) is 1. The first-order chi connectivity index (χ1) is 9.06. The van der Waals surface area contributed by atoms with Gasteiger partial charge in [0.05, 0.1) is 17.7 Å². The Labute approximate surface area is 121 Å². The molecule has 1 aliphatic heterocycles. The van der Waals surface area contributed by atoms with E-state index < -0.39 is 0 Å². The van der Waals surface area contributed by atoms with Crippen molar-refractivity contribution in [3.63, 3.8) is 0 Å². The molecule has 1 saturated heterocycles. The molecule has 0 radical (unpaired) electrons. The fourth-order valence-electron chi connectivity index (χ4n) is 2.25. The molecular formula is C12H18ClN3O2S. The lowest BCUT2D eigenvalue weighted by Crippen LogP contribution is -2.47. The molecule has 0 unspecified atom stereocenters. The third-order valence-electron chi connectivity index (χ3n) is 2.94. The van der Waals surface area contributed by atoms with Crippen LogP contribution >= 0.6 is 22.9 Å². The number of nitrogens with one attached hydrogen (secondary N) is 1. The zero-order valence-corrected chi connectivity index (χ0v) is 12.6.